The van der Waals surface area contributed by atoms with E-state index in [4.69, 9.17) is 27.4 Å². The van der Waals surface area contributed by atoms with Crippen LogP contribution in [0.15, 0.2) is 17.1 Å². The standard InChI is InChI=1S/C26H36N4O5/c1-8-15-9-14-18(21(31)29-16-10-12-17(13-11-16)30-24(27)28)20(23(33)35-26(5,6)7)19(15)22(32)34-25(2,3)4/h1,9,14,16-17H,10-13H2,2-7H3,(H,29,31)(H4,27,28,30). The van der Waals surface area contributed by atoms with Crippen LogP contribution in [0, 0.1) is 12.3 Å². The minimum absolute atomic E-state index is 0.00884. The number of amides is 1. The molecular weight excluding hydrogens is 448 g/mol. The molecular formula is C26H36N4O5. The molecule has 0 heterocycles. The van der Waals surface area contributed by atoms with E-state index in [-0.39, 0.29) is 40.3 Å². The van der Waals surface area contributed by atoms with Crippen LogP contribution < -0.4 is 16.8 Å². The second kappa shape index (κ2) is 10.8. The molecule has 1 aromatic carbocycles. The first-order chi connectivity index (χ1) is 16.1. The number of carbonyl (C=O) groups is 3. The second-order valence-corrected chi connectivity index (χ2v) is 10.6. The molecule has 1 aliphatic rings. The van der Waals surface area contributed by atoms with Gasteiger partial charge in [-0.1, -0.05) is 5.92 Å². The summed E-state index contributed by atoms with van der Waals surface area (Å²) < 4.78 is 11.1. The van der Waals surface area contributed by atoms with E-state index in [2.05, 4.69) is 16.2 Å². The van der Waals surface area contributed by atoms with Gasteiger partial charge in [0.25, 0.3) is 5.91 Å². The molecule has 1 aromatic rings. The Hall–Kier alpha value is -3.54. The number of benzene rings is 1. The maximum Gasteiger partial charge on any atom is 0.340 e. The second-order valence-electron chi connectivity index (χ2n) is 10.6. The van der Waals surface area contributed by atoms with Crippen molar-refractivity contribution in [1.29, 1.82) is 0 Å². The number of esters is 2. The van der Waals surface area contributed by atoms with Gasteiger partial charge in [-0.2, -0.15) is 0 Å². The molecule has 0 aliphatic heterocycles. The van der Waals surface area contributed by atoms with Gasteiger partial charge in [0.1, 0.15) is 11.2 Å². The monoisotopic (exact) mass is 484 g/mol. The minimum Gasteiger partial charge on any atom is -0.456 e. The van der Waals surface area contributed by atoms with Crippen LogP contribution in [0.25, 0.3) is 0 Å². The van der Waals surface area contributed by atoms with Crippen LogP contribution in [-0.4, -0.2) is 47.1 Å². The molecule has 0 saturated heterocycles. The van der Waals surface area contributed by atoms with Crippen molar-refractivity contribution in [1.82, 2.24) is 5.32 Å². The molecule has 1 aliphatic carbocycles. The fourth-order valence-corrected chi connectivity index (χ4v) is 3.82. The summed E-state index contributed by atoms with van der Waals surface area (Å²) in [5, 5.41) is 2.96. The molecule has 0 bridgehead atoms. The summed E-state index contributed by atoms with van der Waals surface area (Å²) in [5.74, 6) is 0.307. The zero-order valence-electron chi connectivity index (χ0n) is 21.4. The number of terminal acetylenes is 1. The first-order valence-corrected chi connectivity index (χ1v) is 11.6. The smallest absolute Gasteiger partial charge is 0.340 e. The van der Waals surface area contributed by atoms with E-state index in [1.165, 1.54) is 12.1 Å². The Morgan fingerprint density at radius 1 is 0.943 bits per heavy atom. The van der Waals surface area contributed by atoms with Gasteiger partial charge in [0.15, 0.2) is 5.96 Å². The predicted molar refractivity (Wildman–Crippen MR) is 134 cm³/mol. The predicted octanol–water partition coefficient (Wildman–Crippen LogP) is 2.89. The highest BCUT2D eigenvalue weighted by atomic mass is 16.6. The highest BCUT2D eigenvalue weighted by molar-refractivity contribution is 6.13. The van der Waals surface area contributed by atoms with E-state index in [1.807, 2.05) is 0 Å². The number of hydrogen-bond donors (Lipinski definition) is 3. The number of guanidine groups is 1. The Morgan fingerprint density at radius 3 is 1.91 bits per heavy atom. The van der Waals surface area contributed by atoms with E-state index in [9.17, 15) is 14.4 Å². The van der Waals surface area contributed by atoms with Gasteiger partial charge in [-0.25, -0.2) is 9.59 Å². The molecule has 1 saturated carbocycles. The number of aliphatic imine (C=N–C) groups is 1. The molecule has 0 unspecified atom stereocenters. The number of nitrogens with two attached hydrogens (primary N) is 2. The fourth-order valence-electron chi connectivity index (χ4n) is 3.82. The summed E-state index contributed by atoms with van der Waals surface area (Å²) in [7, 11) is 0. The van der Waals surface area contributed by atoms with Crippen molar-refractivity contribution >= 4 is 23.8 Å². The molecule has 190 valence electrons. The first-order valence-electron chi connectivity index (χ1n) is 11.6. The number of carbonyl (C=O) groups excluding carboxylic acids is 3. The Labute approximate surface area is 207 Å². The number of hydrogen-bond acceptors (Lipinski definition) is 6. The lowest BCUT2D eigenvalue weighted by Gasteiger charge is -2.28. The van der Waals surface area contributed by atoms with Crippen molar-refractivity contribution in [3.8, 4) is 12.3 Å². The van der Waals surface area contributed by atoms with Crippen LogP contribution in [0.5, 0.6) is 0 Å². The van der Waals surface area contributed by atoms with Gasteiger partial charge in [-0.05, 0) is 79.4 Å². The van der Waals surface area contributed by atoms with Crippen molar-refractivity contribution in [2.24, 2.45) is 16.5 Å². The van der Waals surface area contributed by atoms with E-state index in [0.717, 1.165) is 0 Å². The third-order valence-corrected chi connectivity index (χ3v) is 5.18. The molecule has 9 nitrogen and oxygen atoms in total. The third-order valence-electron chi connectivity index (χ3n) is 5.18. The normalized spacial score (nSPS) is 18.1. The SMILES string of the molecule is C#Cc1ccc(C(=O)NC2CCC(N=C(N)N)CC2)c(C(=O)OC(C)(C)C)c1C(=O)OC(C)(C)C. The van der Waals surface area contributed by atoms with Gasteiger partial charge in [0.2, 0.25) is 0 Å². The highest BCUT2D eigenvalue weighted by Crippen LogP contribution is 2.27. The average Bonchev–Trinajstić information content (AvgIpc) is 2.71. The lowest BCUT2D eigenvalue weighted by atomic mass is 9.90. The van der Waals surface area contributed by atoms with Crippen molar-refractivity contribution in [2.45, 2.75) is 90.5 Å². The molecule has 1 amide bonds. The van der Waals surface area contributed by atoms with Crippen LogP contribution in [-0.2, 0) is 9.47 Å². The maximum atomic E-state index is 13.3. The Kier molecular flexibility index (Phi) is 8.55. The molecule has 9 heteroatoms. The topological polar surface area (TPSA) is 146 Å². The summed E-state index contributed by atoms with van der Waals surface area (Å²) >= 11 is 0. The fraction of sp³-hybridized carbons (Fsp3) is 0.538. The van der Waals surface area contributed by atoms with Crippen molar-refractivity contribution in [2.75, 3.05) is 0 Å². The quantitative estimate of drug-likeness (QED) is 0.252. The van der Waals surface area contributed by atoms with Gasteiger partial charge in [0.05, 0.1) is 22.7 Å². The maximum absolute atomic E-state index is 13.3. The van der Waals surface area contributed by atoms with Gasteiger partial charge in [-0.3, -0.25) is 9.79 Å². The Balaban J connectivity index is 2.46. The average molecular weight is 485 g/mol. The van der Waals surface area contributed by atoms with Crippen LogP contribution in [0.3, 0.4) is 0 Å². The van der Waals surface area contributed by atoms with Crippen LogP contribution in [0.1, 0.15) is 104 Å². The van der Waals surface area contributed by atoms with Gasteiger partial charge in [-0.15, -0.1) is 6.42 Å². The molecule has 5 N–H and O–H groups in total. The van der Waals surface area contributed by atoms with Crippen LogP contribution in [0.4, 0.5) is 0 Å². The van der Waals surface area contributed by atoms with E-state index in [1.54, 1.807) is 41.5 Å². The highest BCUT2D eigenvalue weighted by Gasteiger charge is 2.33. The molecule has 35 heavy (non-hydrogen) atoms. The Morgan fingerprint density at radius 2 is 1.46 bits per heavy atom. The molecule has 0 atom stereocenters. The summed E-state index contributed by atoms with van der Waals surface area (Å²) in [5.41, 5.74) is 8.96. The summed E-state index contributed by atoms with van der Waals surface area (Å²) in [6.07, 6.45) is 8.38. The molecule has 0 spiro atoms. The van der Waals surface area contributed by atoms with Crippen LogP contribution in [0.2, 0.25) is 0 Å². The van der Waals surface area contributed by atoms with Crippen molar-refractivity contribution in [3.05, 3.63) is 34.4 Å². The van der Waals surface area contributed by atoms with Gasteiger partial charge >= 0.3 is 11.9 Å². The van der Waals surface area contributed by atoms with E-state index < -0.39 is 29.0 Å². The molecule has 2 rings (SSSR count). The zero-order chi connectivity index (χ0) is 26.6. The largest absolute Gasteiger partial charge is 0.456 e. The van der Waals surface area contributed by atoms with Crippen LogP contribution >= 0.6 is 0 Å². The van der Waals surface area contributed by atoms with Crippen molar-refractivity contribution < 1.29 is 23.9 Å². The zero-order valence-corrected chi connectivity index (χ0v) is 21.4. The summed E-state index contributed by atoms with van der Waals surface area (Å²) in [4.78, 5) is 43.9. The number of nitrogens with zero attached hydrogens (tertiary/aromatic N) is 1. The van der Waals surface area contributed by atoms with E-state index >= 15 is 0 Å². The molecule has 0 radical (unpaired) electrons. The number of rotatable bonds is 5. The van der Waals surface area contributed by atoms with Crippen molar-refractivity contribution in [3.63, 3.8) is 0 Å². The lowest BCUT2D eigenvalue weighted by molar-refractivity contribution is 0.00174. The summed E-state index contributed by atoms with van der Waals surface area (Å²) in [6, 6.07) is 2.76. The molecule has 1 fully saturated rings. The molecule has 0 aromatic heterocycles. The number of ether oxygens (including phenoxy) is 2. The summed E-state index contributed by atoms with van der Waals surface area (Å²) in [6.45, 7) is 10.2. The third kappa shape index (κ3) is 8.02. The lowest BCUT2D eigenvalue weighted by Crippen LogP contribution is -2.40. The Bertz CT molecular complexity index is 1050. The number of nitrogens with one attached hydrogen (secondary N) is 1. The first kappa shape index (κ1) is 27.7. The minimum atomic E-state index is -0.869. The van der Waals surface area contributed by atoms with Gasteiger partial charge in [0, 0.05) is 11.6 Å². The van der Waals surface area contributed by atoms with Gasteiger partial charge < -0.3 is 26.3 Å². The van der Waals surface area contributed by atoms with E-state index in [0.29, 0.717) is 25.7 Å².